The number of nitrogens with two attached hydrogens (primary N) is 2. The van der Waals surface area contributed by atoms with Crippen LogP contribution in [0.4, 0.5) is 0 Å². The van der Waals surface area contributed by atoms with Gasteiger partial charge in [-0.1, -0.05) is 43.3 Å². The van der Waals surface area contributed by atoms with Crippen molar-refractivity contribution in [1.82, 2.24) is 0 Å². The van der Waals surface area contributed by atoms with Crippen LogP contribution in [0.25, 0.3) is 5.70 Å². The fraction of sp³-hybridized carbons (Fsp3) is 0.333. The first kappa shape index (κ1) is 10.8. The summed E-state index contributed by atoms with van der Waals surface area (Å²) in [7, 11) is 0. The highest BCUT2D eigenvalue weighted by Gasteiger charge is 2.05. The topological polar surface area (TPSA) is 52.0 Å². The second kappa shape index (κ2) is 4.82. The zero-order chi connectivity index (χ0) is 10.6. The van der Waals surface area contributed by atoms with Crippen LogP contribution in [0, 0.1) is 5.92 Å². The lowest BCUT2D eigenvalue weighted by Gasteiger charge is -2.12. The molecule has 1 rings (SSSR count). The van der Waals surface area contributed by atoms with Crippen molar-refractivity contribution < 1.29 is 0 Å². The molecule has 0 amide bonds. The third kappa shape index (κ3) is 2.89. The van der Waals surface area contributed by atoms with Crippen molar-refractivity contribution in [2.75, 3.05) is 0 Å². The highest BCUT2D eigenvalue weighted by molar-refractivity contribution is 5.62. The Bertz CT molecular complexity index is 301. The van der Waals surface area contributed by atoms with Gasteiger partial charge >= 0.3 is 0 Å². The molecule has 0 fully saturated rings. The first-order valence-electron chi connectivity index (χ1n) is 4.89. The van der Waals surface area contributed by atoms with Crippen molar-refractivity contribution in [3.63, 3.8) is 0 Å². The van der Waals surface area contributed by atoms with E-state index in [-0.39, 0.29) is 6.04 Å². The number of hydrogen-bond acceptors (Lipinski definition) is 2. The van der Waals surface area contributed by atoms with E-state index in [4.69, 9.17) is 11.5 Å². The zero-order valence-electron chi connectivity index (χ0n) is 8.77. The summed E-state index contributed by atoms with van der Waals surface area (Å²) in [4.78, 5) is 0. The zero-order valence-corrected chi connectivity index (χ0v) is 8.77. The van der Waals surface area contributed by atoms with Crippen molar-refractivity contribution in [3.05, 3.63) is 42.0 Å². The molecule has 0 bridgehead atoms. The summed E-state index contributed by atoms with van der Waals surface area (Å²) in [6.07, 6.45) is 2.01. The summed E-state index contributed by atoms with van der Waals surface area (Å²) in [5.74, 6) is 0.301. The molecular formula is C12H18N2. The van der Waals surface area contributed by atoms with E-state index in [9.17, 15) is 0 Å². The molecule has 2 heteroatoms. The van der Waals surface area contributed by atoms with E-state index < -0.39 is 0 Å². The lowest BCUT2D eigenvalue weighted by atomic mass is 10.0. The highest BCUT2D eigenvalue weighted by atomic mass is 14.6. The average molecular weight is 190 g/mol. The Morgan fingerprint density at radius 2 is 1.79 bits per heavy atom. The Labute approximate surface area is 85.6 Å². The maximum Gasteiger partial charge on any atom is 0.0350 e. The van der Waals surface area contributed by atoms with Crippen molar-refractivity contribution in [1.29, 1.82) is 0 Å². The molecule has 1 unspecified atom stereocenters. The van der Waals surface area contributed by atoms with Gasteiger partial charge in [-0.3, -0.25) is 0 Å². The van der Waals surface area contributed by atoms with Gasteiger partial charge in [0.15, 0.2) is 0 Å². The van der Waals surface area contributed by atoms with E-state index in [1.165, 1.54) is 0 Å². The second-order valence-corrected chi connectivity index (χ2v) is 3.71. The van der Waals surface area contributed by atoms with Crippen molar-refractivity contribution in [2.45, 2.75) is 19.9 Å². The fourth-order valence-corrected chi connectivity index (χ4v) is 1.16. The first-order chi connectivity index (χ1) is 6.61. The van der Waals surface area contributed by atoms with Crippen molar-refractivity contribution in [3.8, 4) is 0 Å². The highest BCUT2D eigenvalue weighted by Crippen LogP contribution is 2.12. The third-order valence-corrected chi connectivity index (χ3v) is 2.38. The summed E-state index contributed by atoms with van der Waals surface area (Å²) in [6.45, 7) is 4.06. The normalized spacial score (nSPS) is 16.4. The molecule has 14 heavy (non-hydrogen) atoms. The van der Waals surface area contributed by atoms with Crippen LogP contribution in [0.5, 0.6) is 0 Å². The minimum atomic E-state index is 0.136. The largest absolute Gasteiger partial charge is 0.398 e. The van der Waals surface area contributed by atoms with E-state index in [0.717, 1.165) is 11.3 Å². The molecule has 0 spiro atoms. The van der Waals surface area contributed by atoms with Gasteiger partial charge in [0.2, 0.25) is 0 Å². The maximum atomic E-state index is 5.94. The SMILES string of the molecule is CC(/C=C(\N)c1ccccc1)[C@H](C)N. The summed E-state index contributed by atoms with van der Waals surface area (Å²) in [6, 6.07) is 10.1. The third-order valence-electron chi connectivity index (χ3n) is 2.38. The van der Waals surface area contributed by atoms with Crippen molar-refractivity contribution >= 4 is 5.70 Å². The molecule has 0 aromatic heterocycles. The molecule has 0 aliphatic heterocycles. The molecule has 1 aromatic carbocycles. The van der Waals surface area contributed by atoms with Gasteiger partial charge in [0, 0.05) is 11.7 Å². The average Bonchev–Trinajstić information content (AvgIpc) is 2.19. The van der Waals surface area contributed by atoms with Crippen LogP contribution in [0.15, 0.2) is 36.4 Å². The number of rotatable bonds is 3. The molecule has 4 N–H and O–H groups in total. The Morgan fingerprint density at radius 1 is 1.21 bits per heavy atom. The van der Waals surface area contributed by atoms with E-state index >= 15 is 0 Å². The molecule has 0 heterocycles. The van der Waals surface area contributed by atoms with E-state index in [0.29, 0.717) is 5.92 Å². The van der Waals surface area contributed by atoms with Gasteiger partial charge in [-0.05, 0) is 18.4 Å². The number of hydrogen-bond donors (Lipinski definition) is 2. The quantitative estimate of drug-likeness (QED) is 0.765. The van der Waals surface area contributed by atoms with Gasteiger partial charge in [0.25, 0.3) is 0 Å². The maximum absolute atomic E-state index is 5.94. The smallest absolute Gasteiger partial charge is 0.0350 e. The molecule has 76 valence electrons. The summed E-state index contributed by atoms with van der Waals surface area (Å²) < 4.78 is 0. The van der Waals surface area contributed by atoms with Gasteiger partial charge in [-0.15, -0.1) is 0 Å². The molecule has 0 saturated carbocycles. The van der Waals surface area contributed by atoms with Crippen LogP contribution in [0.2, 0.25) is 0 Å². The fourth-order valence-electron chi connectivity index (χ4n) is 1.16. The lowest BCUT2D eigenvalue weighted by molar-refractivity contribution is 0.582. The molecule has 1 aromatic rings. The first-order valence-corrected chi connectivity index (χ1v) is 4.89. The van der Waals surface area contributed by atoms with Crippen LogP contribution in [0.3, 0.4) is 0 Å². The predicted molar refractivity (Wildman–Crippen MR) is 61.4 cm³/mol. The summed E-state index contributed by atoms with van der Waals surface area (Å²) in [5.41, 5.74) is 13.6. The molecule has 2 nitrogen and oxygen atoms in total. The van der Waals surface area contributed by atoms with E-state index in [2.05, 4.69) is 6.92 Å². The van der Waals surface area contributed by atoms with Gasteiger partial charge in [-0.25, -0.2) is 0 Å². The van der Waals surface area contributed by atoms with E-state index in [1.54, 1.807) is 0 Å². The van der Waals surface area contributed by atoms with Gasteiger partial charge in [-0.2, -0.15) is 0 Å². The Kier molecular flexibility index (Phi) is 3.72. The summed E-state index contributed by atoms with van der Waals surface area (Å²) >= 11 is 0. The van der Waals surface area contributed by atoms with Crippen molar-refractivity contribution in [2.24, 2.45) is 17.4 Å². The minimum Gasteiger partial charge on any atom is -0.398 e. The Hall–Kier alpha value is -1.28. The number of benzene rings is 1. The Balaban J connectivity index is 2.80. The monoisotopic (exact) mass is 190 g/mol. The van der Waals surface area contributed by atoms with Crippen LogP contribution >= 0.6 is 0 Å². The van der Waals surface area contributed by atoms with Crippen LogP contribution in [0.1, 0.15) is 19.4 Å². The van der Waals surface area contributed by atoms with E-state index in [1.807, 2.05) is 43.3 Å². The molecule has 0 radical (unpaired) electrons. The second-order valence-electron chi connectivity index (χ2n) is 3.71. The summed E-state index contributed by atoms with van der Waals surface area (Å²) in [5, 5.41) is 0. The van der Waals surface area contributed by atoms with Crippen LogP contribution in [-0.2, 0) is 0 Å². The van der Waals surface area contributed by atoms with Gasteiger partial charge in [0.1, 0.15) is 0 Å². The minimum absolute atomic E-state index is 0.136. The van der Waals surface area contributed by atoms with Gasteiger partial charge in [0.05, 0.1) is 0 Å². The molecule has 0 aliphatic rings. The molecule has 0 saturated heterocycles. The predicted octanol–water partition coefficient (Wildman–Crippen LogP) is 1.97. The lowest BCUT2D eigenvalue weighted by Crippen LogP contribution is -2.23. The molecule has 2 atom stereocenters. The molecule has 0 aliphatic carbocycles. The Morgan fingerprint density at radius 3 is 2.29 bits per heavy atom. The van der Waals surface area contributed by atoms with Crippen LogP contribution < -0.4 is 11.5 Å². The van der Waals surface area contributed by atoms with Gasteiger partial charge < -0.3 is 11.5 Å². The van der Waals surface area contributed by atoms with Crippen LogP contribution in [-0.4, -0.2) is 6.04 Å². The molecular weight excluding hydrogens is 172 g/mol. The standard InChI is InChI=1S/C12H18N2/c1-9(10(2)13)8-12(14)11-6-4-3-5-7-11/h3-10H,13-14H2,1-2H3/b12-8-/t9?,10-/m0/s1.